The predicted molar refractivity (Wildman–Crippen MR) is 62.7 cm³/mol. The lowest BCUT2D eigenvalue weighted by molar-refractivity contribution is -0.120. The van der Waals surface area contributed by atoms with Crippen LogP contribution in [0.5, 0.6) is 0 Å². The molecule has 1 unspecified atom stereocenters. The Bertz CT molecular complexity index is 188. The number of hydrogen-bond acceptors (Lipinski definition) is 2. The Labute approximate surface area is 93.0 Å². The Morgan fingerprint density at radius 2 is 2.07 bits per heavy atom. The maximum absolute atomic E-state index is 11.2. The van der Waals surface area contributed by atoms with Gasteiger partial charge in [0.25, 0.3) is 0 Å². The molecule has 1 amide bonds. The number of nitrogens with one attached hydrogen (secondary N) is 2. The highest BCUT2D eigenvalue weighted by Crippen LogP contribution is 2.27. The van der Waals surface area contributed by atoms with E-state index in [9.17, 15) is 4.79 Å². The Kier molecular flexibility index (Phi) is 5.69. The molecule has 0 spiro atoms. The highest BCUT2D eigenvalue weighted by atomic mass is 16.1. The molecule has 1 saturated carbocycles. The quantitative estimate of drug-likeness (QED) is 0.703. The van der Waals surface area contributed by atoms with Crippen LogP contribution in [-0.4, -0.2) is 25.0 Å². The molecule has 1 rings (SSSR count). The maximum Gasteiger partial charge on any atom is 0.221 e. The van der Waals surface area contributed by atoms with Crippen LogP contribution in [-0.2, 0) is 4.79 Å². The summed E-state index contributed by atoms with van der Waals surface area (Å²) < 4.78 is 0. The molecule has 0 saturated heterocycles. The molecule has 3 heteroatoms. The molecule has 0 aromatic heterocycles. The van der Waals surface area contributed by atoms with Crippen molar-refractivity contribution in [2.45, 2.75) is 52.0 Å². The van der Waals surface area contributed by atoms with E-state index in [0.29, 0.717) is 12.5 Å². The van der Waals surface area contributed by atoms with Gasteiger partial charge in [0.05, 0.1) is 0 Å². The fourth-order valence-electron chi connectivity index (χ4n) is 2.32. The van der Waals surface area contributed by atoms with Crippen LogP contribution in [0.2, 0.25) is 0 Å². The van der Waals surface area contributed by atoms with Crippen LogP contribution in [0.3, 0.4) is 0 Å². The number of hydrogen-bond donors (Lipinski definition) is 2. The molecular formula is C12H24N2O. The van der Waals surface area contributed by atoms with Crippen LogP contribution in [0.25, 0.3) is 0 Å². The van der Waals surface area contributed by atoms with Crippen molar-refractivity contribution in [2.75, 3.05) is 13.1 Å². The Balaban J connectivity index is 2.05. The molecule has 0 radical (unpaired) electrons. The van der Waals surface area contributed by atoms with Gasteiger partial charge in [-0.15, -0.1) is 0 Å². The molecule has 0 aliphatic heterocycles. The summed E-state index contributed by atoms with van der Waals surface area (Å²) in [5.41, 5.74) is 0. The van der Waals surface area contributed by atoms with Crippen molar-refractivity contribution in [3.05, 3.63) is 0 Å². The van der Waals surface area contributed by atoms with E-state index in [1.54, 1.807) is 0 Å². The second-order valence-corrected chi connectivity index (χ2v) is 4.49. The Morgan fingerprint density at radius 3 is 2.67 bits per heavy atom. The van der Waals surface area contributed by atoms with E-state index in [0.717, 1.165) is 19.0 Å². The molecule has 0 aromatic rings. The molecular weight excluding hydrogens is 188 g/mol. The lowest BCUT2D eigenvalue weighted by Gasteiger charge is -2.20. The van der Waals surface area contributed by atoms with Crippen LogP contribution >= 0.6 is 0 Å². The normalized spacial score (nSPS) is 19.1. The summed E-state index contributed by atoms with van der Waals surface area (Å²) in [6.45, 7) is 5.74. The maximum atomic E-state index is 11.2. The van der Waals surface area contributed by atoms with Gasteiger partial charge in [0.15, 0.2) is 0 Å². The van der Waals surface area contributed by atoms with E-state index in [4.69, 9.17) is 0 Å². The van der Waals surface area contributed by atoms with Gasteiger partial charge in [0.2, 0.25) is 5.91 Å². The van der Waals surface area contributed by atoms with Crippen LogP contribution in [0, 0.1) is 5.92 Å². The first-order chi connectivity index (χ1) is 7.24. The fourth-order valence-corrected chi connectivity index (χ4v) is 2.32. The van der Waals surface area contributed by atoms with Crippen LogP contribution in [0.4, 0.5) is 0 Å². The van der Waals surface area contributed by atoms with E-state index in [1.807, 2.05) is 6.92 Å². The smallest absolute Gasteiger partial charge is 0.221 e. The minimum atomic E-state index is 0.156. The summed E-state index contributed by atoms with van der Waals surface area (Å²) in [4.78, 5) is 11.2. The number of carbonyl (C=O) groups excluding carboxylic acids is 1. The van der Waals surface area contributed by atoms with Crippen LogP contribution in [0.15, 0.2) is 0 Å². The van der Waals surface area contributed by atoms with Crippen molar-refractivity contribution >= 4 is 5.91 Å². The molecule has 0 aromatic carbocycles. The topological polar surface area (TPSA) is 41.1 Å². The van der Waals surface area contributed by atoms with Gasteiger partial charge in [0, 0.05) is 25.6 Å². The van der Waals surface area contributed by atoms with Gasteiger partial charge in [-0.1, -0.05) is 12.8 Å². The molecule has 1 aliphatic carbocycles. The van der Waals surface area contributed by atoms with E-state index in [1.165, 1.54) is 25.7 Å². The van der Waals surface area contributed by atoms with E-state index in [2.05, 4.69) is 17.6 Å². The van der Waals surface area contributed by atoms with Crippen molar-refractivity contribution in [3.63, 3.8) is 0 Å². The second kappa shape index (κ2) is 6.83. The molecule has 3 nitrogen and oxygen atoms in total. The van der Waals surface area contributed by atoms with Crippen molar-refractivity contribution in [1.82, 2.24) is 10.6 Å². The summed E-state index contributed by atoms with van der Waals surface area (Å²) >= 11 is 0. The lowest BCUT2D eigenvalue weighted by Crippen LogP contribution is -2.35. The molecule has 15 heavy (non-hydrogen) atoms. The zero-order valence-corrected chi connectivity index (χ0v) is 10.0. The van der Waals surface area contributed by atoms with Gasteiger partial charge >= 0.3 is 0 Å². The minimum Gasteiger partial charge on any atom is -0.356 e. The van der Waals surface area contributed by atoms with Crippen LogP contribution in [0.1, 0.15) is 46.0 Å². The molecule has 1 atom stereocenters. The highest BCUT2D eigenvalue weighted by Gasteiger charge is 2.20. The third-order valence-electron chi connectivity index (χ3n) is 3.30. The summed E-state index contributed by atoms with van der Waals surface area (Å²) in [6, 6.07) is 0.571. The molecule has 88 valence electrons. The van der Waals surface area contributed by atoms with Gasteiger partial charge in [-0.25, -0.2) is 0 Å². The molecule has 0 bridgehead atoms. The lowest BCUT2D eigenvalue weighted by atomic mass is 10.00. The zero-order chi connectivity index (χ0) is 11.1. The average Bonchev–Trinajstić information content (AvgIpc) is 2.70. The number of carbonyl (C=O) groups is 1. The summed E-state index contributed by atoms with van der Waals surface area (Å²) in [5, 5.41) is 6.26. The van der Waals surface area contributed by atoms with Gasteiger partial charge < -0.3 is 10.6 Å². The first-order valence-electron chi connectivity index (χ1n) is 6.24. The van der Waals surface area contributed by atoms with Crippen molar-refractivity contribution < 1.29 is 4.79 Å². The number of amides is 1. The molecule has 2 N–H and O–H groups in total. The van der Waals surface area contributed by atoms with E-state index >= 15 is 0 Å². The van der Waals surface area contributed by atoms with Gasteiger partial charge in [-0.05, 0) is 32.6 Å². The highest BCUT2D eigenvalue weighted by molar-refractivity contribution is 5.75. The predicted octanol–water partition coefficient (Wildman–Crippen LogP) is 1.68. The summed E-state index contributed by atoms with van der Waals surface area (Å²) in [5.74, 6) is 0.989. The standard InChI is InChI=1S/C12H24N2O/c1-3-13-12(15)8-9-14-10(2)11-6-4-5-7-11/h10-11,14H,3-9H2,1-2H3,(H,13,15). The first kappa shape index (κ1) is 12.5. The SMILES string of the molecule is CCNC(=O)CCNC(C)C1CCCC1. The first-order valence-corrected chi connectivity index (χ1v) is 6.24. The Morgan fingerprint density at radius 1 is 1.40 bits per heavy atom. The monoisotopic (exact) mass is 212 g/mol. The van der Waals surface area contributed by atoms with Gasteiger partial charge in [-0.2, -0.15) is 0 Å². The summed E-state index contributed by atoms with van der Waals surface area (Å²) in [6.07, 6.45) is 6.08. The third-order valence-corrected chi connectivity index (χ3v) is 3.30. The average molecular weight is 212 g/mol. The van der Waals surface area contributed by atoms with Gasteiger partial charge in [0.1, 0.15) is 0 Å². The van der Waals surface area contributed by atoms with Crippen molar-refractivity contribution in [3.8, 4) is 0 Å². The molecule has 0 heterocycles. The minimum absolute atomic E-state index is 0.156. The molecule has 1 fully saturated rings. The zero-order valence-electron chi connectivity index (χ0n) is 10.0. The molecule has 1 aliphatic rings. The summed E-state index contributed by atoms with van der Waals surface area (Å²) in [7, 11) is 0. The van der Waals surface area contributed by atoms with E-state index < -0.39 is 0 Å². The number of rotatable bonds is 6. The van der Waals surface area contributed by atoms with Gasteiger partial charge in [-0.3, -0.25) is 4.79 Å². The Hall–Kier alpha value is -0.570. The fraction of sp³-hybridized carbons (Fsp3) is 0.917. The largest absolute Gasteiger partial charge is 0.356 e. The van der Waals surface area contributed by atoms with E-state index in [-0.39, 0.29) is 5.91 Å². The van der Waals surface area contributed by atoms with Crippen molar-refractivity contribution in [2.24, 2.45) is 5.92 Å². The van der Waals surface area contributed by atoms with Crippen molar-refractivity contribution in [1.29, 1.82) is 0 Å². The third kappa shape index (κ3) is 4.65. The van der Waals surface area contributed by atoms with Crippen LogP contribution < -0.4 is 10.6 Å². The second-order valence-electron chi connectivity index (χ2n) is 4.49.